The summed E-state index contributed by atoms with van der Waals surface area (Å²) in [4.78, 5) is 24.6. The van der Waals surface area contributed by atoms with Crippen molar-refractivity contribution in [3.05, 3.63) is 76.9 Å². The first-order chi connectivity index (χ1) is 16.0. The van der Waals surface area contributed by atoms with Crippen LogP contribution in [0.2, 0.25) is 0 Å². The summed E-state index contributed by atoms with van der Waals surface area (Å²) in [6.45, 7) is 10.7. The molecule has 0 aromatic carbocycles. The molecule has 0 atom stereocenters. The first-order valence-corrected chi connectivity index (χ1v) is 11.2. The topological polar surface area (TPSA) is 81.9 Å². The van der Waals surface area contributed by atoms with Crippen LogP contribution in [0.3, 0.4) is 0 Å². The van der Waals surface area contributed by atoms with Gasteiger partial charge in [0.25, 0.3) is 0 Å². The molecule has 7 nitrogen and oxygen atoms in total. The first-order valence-electron chi connectivity index (χ1n) is 11.2. The van der Waals surface area contributed by atoms with Crippen LogP contribution < -0.4 is 0 Å². The molecule has 3 rings (SSSR count). The second-order valence-electron chi connectivity index (χ2n) is 7.72. The van der Waals surface area contributed by atoms with Gasteiger partial charge in [-0.25, -0.2) is 0 Å². The zero-order valence-electron chi connectivity index (χ0n) is 20.0. The van der Waals surface area contributed by atoms with Crippen molar-refractivity contribution in [3.8, 4) is 11.4 Å². The molecule has 0 bridgehead atoms. The Labute approximate surface area is 195 Å². The third-order valence-electron chi connectivity index (χ3n) is 5.00. The Morgan fingerprint density at radius 3 is 2.33 bits per heavy atom. The predicted octanol–water partition coefficient (Wildman–Crippen LogP) is 5.29. The maximum absolute atomic E-state index is 5.49. The van der Waals surface area contributed by atoms with Crippen molar-refractivity contribution in [1.29, 1.82) is 0 Å². The number of nitrogens with zero attached hydrogens (tertiary/aromatic N) is 5. The van der Waals surface area contributed by atoms with Gasteiger partial charge in [-0.1, -0.05) is 22.4 Å². The van der Waals surface area contributed by atoms with E-state index in [1.54, 1.807) is 0 Å². The van der Waals surface area contributed by atoms with E-state index < -0.39 is 0 Å². The molecule has 3 heterocycles. The van der Waals surface area contributed by atoms with Gasteiger partial charge in [-0.3, -0.25) is 15.0 Å². The SMILES string of the molecule is CCON=C(C)c1ccc(-c2cccc(CCCO/N=C(\C)c3cccc(C)n3)n2)nc1C. The molecule has 0 saturated carbocycles. The fourth-order valence-corrected chi connectivity index (χ4v) is 3.31. The van der Waals surface area contributed by atoms with E-state index in [0.717, 1.165) is 64.0 Å². The summed E-state index contributed by atoms with van der Waals surface area (Å²) in [6.07, 6.45) is 1.61. The molecule has 3 aromatic heterocycles. The van der Waals surface area contributed by atoms with Crippen LogP contribution in [0.15, 0.2) is 58.8 Å². The second-order valence-corrected chi connectivity index (χ2v) is 7.72. The van der Waals surface area contributed by atoms with E-state index in [1.807, 2.05) is 83.1 Å². The van der Waals surface area contributed by atoms with Crippen LogP contribution in [-0.4, -0.2) is 39.6 Å². The van der Waals surface area contributed by atoms with Gasteiger partial charge in [0.2, 0.25) is 0 Å². The number of aromatic nitrogens is 3. The van der Waals surface area contributed by atoms with Crippen molar-refractivity contribution >= 4 is 11.4 Å². The highest BCUT2D eigenvalue weighted by Crippen LogP contribution is 2.18. The van der Waals surface area contributed by atoms with Crippen molar-refractivity contribution in [2.45, 2.75) is 47.5 Å². The van der Waals surface area contributed by atoms with Gasteiger partial charge in [-0.2, -0.15) is 0 Å². The molecule has 0 aliphatic carbocycles. The third-order valence-corrected chi connectivity index (χ3v) is 5.00. The standard InChI is InChI=1S/C26H31N5O2/c1-6-32-30-20(4)23-15-16-26(28-19(23)3)25-14-8-11-22(29-25)12-9-17-33-31-21(5)24-13-7-10-18(2)27-24/h7-8,10-11,13-16H,6,9,12,17H2,1-5H3/b30-20?,31-21+. The minimum atomic E-state index is 0.513. The molecule has 0 unspecified atom stereocenters. The van der Waals surface area contributed by atoms with Crippen molar-refractivity contribution < 1.29 is 9.68 Å². The molecule has 3 aromatic rings. The van der Waals surface area contributed by atoms with Gasteiger partial charge in [0.1, 0.15) is 18.9 Å². The lowest BCUT2D eigenvalue weighted by atomic mass is 10.1. The van der Waals surface area contributed by atoms with E-state index in [9.17, 15) is 0 Å². The van der Waals surface area contributed by atoms with E-state index >= 15 is 0 Å². The Morgan fingerprint density at radius 2 is 1.58 bits per heavy atom. The van der Waals surface area contributed by atoms with Crippen molar-refractivity contribution in [3.63, 3.8) is 0 Å². The van der Waals surface area contributed by atoms with Crippen LogP contribution in [0.25, 0.3) is 11.4 Å². The third kappa shape index (κ3) is 6.94. The molecule has 0 aliphatic heterocycles. The molecule has 33 heavy (non-hydrogen) atoms. The molecule has 0 amide bonds. The van der Waals surface area contributed by atoms with Crippen molar-refractivity contribution in [1.82, 2.24) is 15.0 Å². The molecule has 0 aliphatic rings. The van der Waals surface area contributed by atoms with Gasteiger partial charge in [0, 0.05) is 22.6 Å². The number of rotatable bonds is 10. The summed E-state index contributed by atoms with van der Waals surface area (Å²) in [6, 6.07) is 15.9. The summed E-state index contributed by atoms with van der Waals surface area (Å²) in [5.74, 6) is 0. The zero-order chi connectivity index (χ0) is 23.6. The molecule has 172 valence electrons. The Bertz CT molecular complexity index is 1140. The lowest BCUT2D eigenvalue weighted by Crippen LogP contribution is -2.03. The number of hydrogen-bond donors (Lipinski definition) is 0. The Hall–Kier alpha value is -3.61. The van der Waals surface area contributed by atoms with Gasteiger partial charge >= 0.3 is 0 Å². The minimum Gasteiger partial charge on any atom is -0.396 e. The smallest absolute Gasteiger partial charge is 0.117 e. The molecule has 0 spiro atoms. The zero-order valence-corrected chi connectivity index (χ0v) is 20.0. The highest BCUT2D eigenvalue weighted by molar-refractivity contribution is 5.99. The van der Waals surface area contributed by atoms with E-state index in [-0.39, 0.29) is 0 Å². The van der Waals surface area contributed by atoms with Crippen LogP contribution >= 0.6 is 0 Å². The highest BCUT2D eigenvalue weighted by Gasteiger charge is 2.09. The quantitative estimate of drug-likeness (QED) is 0.241. The number of aryl methyl sites for hydroxylation is 3. The lowest BCUT2D eigenvalue weighted by molar-refractivity contribution is 0.141. The highest BCUT2D eigenvalue weighted by atomic mass is 16.6. The van der Waals surface area contributed by atoms with Crippen LogP contribution in [0, 0.1) is 13.8 Å². The van der Waals surface area contributed by atoms with Gasteiger partial charge < -0.3 is 9.68 Å². The summed E-state index contributed by atoms with van der Waals surface area (Å²) in [5.41, 5.74) is 7.92. The van der Waals surface area contributed by atoms with E-state index in [2.05, 4.69) is 15.3 Å². The number of pyridine rings is 3. The van der Waals surface area contributed by atoms with Crippen LogP contribution in [0.4, 0.5) is 0 Å². The fourth-order valence-electron chi connectivity index (χ4n) is 3.31. The monoisotopic (exact) mass is 445 g/mol. The summed E-state index contributed by atoms with van der Waals surface area (Å²) in [5, 5.41) is 8.30. The summed E-state index contributed by atoms with van der Waals surface area (Å²) >= 11 is 0. The average molecular weight is 446 g/mol. The molecule has 0 radical (unpaired) electrons. The van der Waals surface area contributed by atoms with Gasteiger partial charge in [0.05, 0.1) is 22.8 Å². The molecular weight excluding hydrogens is 414 g/mol. The minimum absolute atomic E-state index is 0.513. The largest absolute Gasteiger partial charge is 0.396 e. The summed E-state index contributed by atoms with van der Waals surface area (Å²) in [7, 11) is 0. The molecule has 0 saturated heterocycles. The lowest BCUT2D eigenvalue weighted by Gasteiger charge is -2.08. The van der Waals surface area contributed by atoms with Gasteiger partial charge in [-0.15, -0.1) is 0 Å². The average Bonchev–Trinajstić information content (AvgIpc) is 2.82. The molecule has 7 heteroatoms. The number of hydrogen-bond acceptors (Lipinski definition) is 7. The maximum Gasteiger partial charge on any atom is 0.117 e. The Balaban J connectivity index is 1.58. The first kappa shape index (κ1) is 24.0. The van der Waals surface area contributed by atoms with Crippen molar-refractivity contribution in [2.24, 2.45) is 10.3 Å². The Kier molecular flexibility index (Phi) is 8.63. The fraction of sp³-hybridized carbons (Fsp3) is 0.346. The van der Waals surface area contributed by atoms with E-state index in [4.69, 9.17) is 19.6 Å². The molecule has 0 fully saturated rings. The second kappa shape index (κ2) is 11.9. The predicted molar refractivity (Wildman–Crippen MR) is 132 cm³/mol. The Morgan fingerprint density at radius 1 is 0.818 bits per heavy atom. The maximum atomic E-state index is 5.49. The van der Waals surface area contributed by atoms with Crippen LogP contribution in [0.5, 0.6) is 0 Å². The van der Waals surface area contributed by atoms with Gasteiger partial charge in [-0.05, 0) is 83.9 Å². The molecular formula is C26H31N5O2. The number of oxime groups is 2. The van der Waals surface area contributed by atoms with Gasteiger partial charge in [0.15, 0.2) is 0 Å². The van der Waals surface area contributed by atoms with E-state index in [0.29, 0.717) is 13.2 Å². The van der Waals surface area contributed by atoms with Crippen LogP contribution in [0.1, 0.15) is 55.5 Å². The van der Waals surface area contributed by atoms with E-state index in [1.165, 1.54) is 0 Å². The van der Waals surface area contributed by atoms with Crippen LogP contribution in [-0.2, 0) is 16.1 Å². The molecule has 0 N–H and O–H groups in total. The normalized spacial score (nSPS) is 12.0. The van der Waals surface area contributed by atoms with Crippen molar-refractivity contribution in [2.75, 3.05) is 13.2 Å². The summed E-state index contributed by atoms with van der Waals surface area (Å²) < 4.78 is 0.